The number of para-hydroxylation sites is 2. The molecular weight excluding hydrogens is 458 g/mol. The summed E-state index contributed by atoms with van der Waals surface area (Å²) in [6.45, 7) is -0.194. The predicted octanol–water partition coefficient (Wildman–Crippen LogP) is 4.26. The van der Waals surface area contributed by atoms with E-state index in [-0.39, 0.29) is 24.3 Å². The summed E-state index contributed by atoms with van der Waals surface area (Å²) < 4.78 is 10.7. The van der Waals surface area contributed by atoms with Gasteiger partial charge in [0.1, 0.15) is 0 Å². The van der Waals surface area contributed by atoms with Gasteiger partial charge in [-0.3, -0.25) is 14.4 Å². The highest BCUT2D eigenvalue weighted by Crippen LogP contribution is 2.25. The van der Waals surface area contributed by atoms with Crippen molar-refractivity contribution in [3.05, 3.63) is 90.0 Å². The highest BCUT2D eigenvalue weighted by molar-refractivity contribution is 6.02. The first kappa shape index (κ1) is 24.5. The number of ether oxygens (including phenoxy) is 2. The van der Waals surface area contributed by atoms with Gasteiger partial charge in [0.2, 0.25) is 5.91 Å². The molecule has 3 aromatic rings. The molecule has 1 saturated carbocycles. The lowest BCUT2D eigenvalue weighted by Crippen LogP contribution is -2.25. The van der Waals surface area contributed by atoms with Crippen LogP contribution in [-0.4, -0.2) is 37.5 Å². The Morgan fingerprint density at radius 2 is 1.58 bits per heavy atom. The first-order valence-electron chi connectivity index (χ1n) is 11.6. The number of anilines is 2. The molecule has 4 rings (SSSR count). The molecule has 1 aliphatic rings. The van der Waals surface area contributed by atoms with E-state index in [9.17, 15) is 14.4 Å². The fraction of sp³-hybridized carbons (Fsp3) is 0.179. The van der Waals surface area contributed by atoms with E-state index >= 15 is 0 Å². The molecule has 0 aromatic heterocycles. The fourth-order valence-electron chi connectivity index (χ4n) is 3.35. The van der Waals surface area contributed by atoms with Crippen molar-refractivity contribution in [1.29, 1.82) is 0 Å². The molecular formula is C28H27N3O5. The average molecular weight is 486 g/mol. The van der Waals surface area contributed by atoms with Crippen LogP contribution in [0.4, 0.5) is 11.4 Å². The highest BCUT2D eigenvalue weighted by atomic mass is 16.5. The number of nitrogens with one attached hydrogen (secondary N) is 3. The van der Waals surface area contributed by atoms with Crippen LogP contribution in [0.25, 0.3) is 6.08 Å². The molecule has 184 valence electrons. The van der Waals surface area contributed by atoms with Gasteiger partial charge >= 0.3 is 0 Å². The van der Waals surface area contributed by atoms with Crippen molar-refractivity contribution in [1.82, 2.24) is 5.32 Å². The maximum atomic E-state index is 12.4. The third-order valence-corrected chi connectivity index (χ3v) is 5.35. The first-order valence-corrected chi connectivity index (χ1v) is 11.6. The lowest BCUT2D eigenvalue weighted by Gasteiger charge is -2.11. The Bertz CT molecular complexity index is 1270. The molecule has 0 radical (unpaired) electrons. The number of carbonyl (C=O) groups is 3. The second-order valence-electron chi connectivity index (χ2n) is 8.26. The maximum absolute atomic E-state index is 12.4. The third kappa shape index (κ3) is 7.20. The summed E-state index contributed by atoms with van der Waals surface area (Å²) in [5.74, 6) is 0.258. The van der Waals surface area contributed by atoms with E-state index in [2.05, 4.69) is 16.0 Å². The molecule has 0 aliphatic heterocycles. The summed E-state index contributed by atoms with van der Waals surface area (Å²) in [6.07, 6.45) is 5.15. The molecule has 0 heterocycles. The minimum atomic E-state index is -0.349. The average Bonchev–Trinajstić information content (AvgIpc) is 3.71. The fourth-order valence-corrected chi connectivity index (χ4v) is 3.35. The summed E-state index contributed by atoms with van der Waals surface area (Å²) in [7, 11) is 1.53. The van der Waals surface area contributed by atoms with Crippen LogP contribution in [0.2, 0.25) is 0 Å². The summed E-state index contributed by atoms with van der Waals surface area (Å²) in [4.78, 5) is 36.7. The van der Waals surface area contributed by atoms with Crippen LogP contribution in [-0.2, 0) is 9.59 Å². The van der Waals surface area contributed by atoms with Crippen molar-refractivity contribution in [2.24, 2.45) is 0 Å². The van der Waals surface area contributed by atoms with Crippen molar-refractivity contribution < 1.29 is 23.9 Å². The maximum Gasteiger partial charge on any atom is 0.262 e. The number of amides is 3. The van der Waals surface area contributed by atoms with E-state index in [1.807, 2.05) is 6.07 Å². The number of hydrogen-bond donors (Lipinski definition) is 3. The van der Waals surface area contributed by atoms with E-state index in [4.69, 9.17) is 9.47 Å². The van der Waals surface area contributed by atoms with Crippen molar-refractivity contribution in [2.45, 2.75) is 18.9 Å². The monoisotopic (exact) mass is 485 g/mol. The van der Waals surface area contributed by atoms with Gasteiger partial charge in [-0.15, -0.1) is 0 Å². The molecule has 3 N–H and O–H groups in total. The quantitative estimate of drug-likeness (QED) is 0.372. The Morgan fingerprint density at radius 3 is 2.28 bits per heavy atom. The van der Waals surface area contributed by atoms with Gasteiger partial charge in [-0.05, 0) is 66.9 Å². The highest BCUT2D eigenvalue weighted by Gasteiger charge is 2.23. The van der Waals surface area contributed by atoms with Crippen LogP contribution in [0, 0.1) is 0 Å². The Morgan fingerprint density at radius 1 is 0.889 bits per heavy atom. The number of rotatable bonds is 10. The standard InChI is InChI=1S/C28H27N3O5/c1-35-24-7-2-3-8-25(24)36-18-27(33)30-23-6-4-5-22(17-23)29-26(32)16-11-19-9-12-20(13-10-19)28(34)31-21-14-15-21/h2-13,16-17,21H,14-15,18H2,1H3,(H,29,32)(H,30,33)(H,31,34). The van der Waals surface area contributed by atoms with E-state index in [1.54, 1.807) is 72.8 Å². The Balaban J connectivity index is 1.27. The van der Waals surface area contributed by atoms with E-state index in [1.165, 1.54) is 13.2 Å². The van der Waals surface area contributed by atoms with Crippen LogP contribution in [0.1, 0.15) is 28.8 Å². The minimum absolute atomic E-state index is 0.0795. The molecule has 0 atom stereocenters. The lowest BCUT2D eigenvalue weighted by atomic mass is 10.1. The van der Waals surface area contributed by atoms with Gasteiger partial charge in [-0.2, -0.15) is 0 Å². The minimum Gasteiger partial charge on any atom is -0.493 e. The molecule has 3 aromatic carbocycles. The van der Waals surface area contributed by atoms with Crippen LogP contribution in [0.15, 0.2) is 78.9 Å². The van der Waals surface area contributed by atoms with E-state index < -0.39 is 0 Å². The van der Waals surface area contributed by atoms with Gasteiger partial charge in [-0.25, -0.2) is 0 Å². The van der Waals surface area contributed by atoms with Crippen LogP contribution in [0.3, 0.4) is 0 Å². The second kappa shape index (κ2) is 11.7. The molecule has 8 nitrogen and oxygen atoms in total. The second-order valence-corrected chi connectivity index (χ2v) is 8.26. The normalized spacial score (nSPS) is 12.6. The molecule has 1 aliphatic carbocycles. The van der Waals surface area contributed by atoms with Gasteiger partial charge in [0.05, 0.1) is 7.11 Å². The zero-order chi connectivity index (χ0) is 25.3. The van der Waals surface area contributed by atoms with Gasteiger partial charge in [-0.1, -0.05) is 30.3 Å². The number of benzene rings is 3. The van der Waals surface area contributed by atoms with E-state index in [0.29, 0.717) is 34.5 Å². The topological polar surface area (TPSA) is 106 Å². The number of carbonyl (C=O) groups excluding carboxylic acids is 3. The first-order chi connectivity index (χ1) is 17.5. The molecule has 1 fully saturated rings. The largest absolute Gasteiger partial charge is 0.493 e. The van der Waals surface area contributed by atoms with E-state index in [0.717, 1.165) is 18.4 Å². The van der Waals surface area contributed by atoms with Crippen LogP contribution >= 0.6 is 0 Å². The van der Waals surface area contributed by atoms with Gasteiger partial charge in [0, 0.05) is 29.1 Å². The summed E-state index contributed by atoms with van der Waals surface area (Å²) in [5, 5.41) is 8.46. The predicted molar refractivity (Wildman–Crippen MR) is 138 cm³/mol. The van der Waals surface area contributed by atoms with Gasteiger partial charge < -0.3 is 25.4 Å². The summed E-state index contributed by atoms with van der Waals surface area (Å²) >= 11 is 0. The zero-order valence-electron chi connectivity index (χ0n) is 19.8. The van der Waals surface area contributed by atoms with Crippen molar-refractivity contribution in [3.63, 3.8) is 0 Å². The van der Waals surface area contributed by atoms with Gasteiger partial charge in [0.15, 0.2) is 18.1 Å². The summed E-state index contributed by atoms with van der Waals surface area (Å²) in [6, 6.07) is 21.2. The Hall–Kier alpha value is -4.59. The molecule has 0 bridgehead atoms. The van der Waals surface area contributed by atoms with Crippen molar-refractivity contribution in [2.75, 3.05) is 24.4 Å². The van der Waals surface area contributed by atoms with Crippen LogP contribution in [0.5, 0.6) is 11.5 Å². The van der Waals surface area contributed by atoms with Crippen molar-refractivity contribution in [3.8, 4) is 11.5 Å². The molecule has 0 spiro atoms. The third-order valence-electron chi connectivity index (χ3n) is 5.35. The smallest absolute Gasteiger partial charge is 0.262 e. The van der Waals surface area contributed by atoms with Crippen LogP contribution < -0.4 is 25.4 Å². The number of hydrogen-bond acceptors (Lipinski definition) is 5. The molecule has 36 heavy (non-hydrogen) atoms. The Labute approximate surface area is 209 Å². The molecule has 3 amide bonds. The lowest BCUT2D eigenvalue weighted by molar-refractivity contribution is -0.118. The SMILES string of the molecule is COc1ccccc1OCC(=O)Nc1cccc(NC(=O)C=Cc2ccc(C(=O)NC3CC3)cc2)c1. The van der Waals surface area contributed by atoms with Crippen molar-refractivity contribution >= 4 is 35.2 Å². The van der Waals surface area contributed by atoms with Gasteiger partial charge in [0.25, 0.3) is 11.8 Å². The zero-order valence-corrected chi connectivity index (χ0v) is 19.8. The Kier molecular flexibility index (Phi) is 7.97. The molecule has 8 heteroatoms. The summed E-state index contributed by atoms with van der Waals surface area (Å²) in [5.41, 5.74) is 2.44. The number of methoxy groups -OCH3 is 1. The molecule has 0 saturated heterocycles. The molecule has 0 unspecified atom stereocenters.